The zero-order chi connectivity index (χ0) is 29.7. The summed E-state index contributed by atoms with van der Waals surface area (Å²) in [6.45, 7) is 3.51. The predicted octanol–water partition coefficient (Wildman–Crippen LogP) is 9.03. The second-order valence-corrected chi connectivity index (χ2v) is 12.1. The molecule has 0 spiro atoms. The van der Waals surface area contributed by atoms with Crippen LogP contribution in [0.5, 0.6) is 0 Å². The molecule has 1 atom stereocenters. The summed E-state index contributed by atoms with van der Waals surface area (Å²) in [5, 5.41) is 11.6. The highest BCUT2D eigenvalue weighted by atomic mass is 16.4. The van der Waals surface area contributed by atoms with Gasteiger partial charge in [0.1, 0.15) is 0 Å². The number of carbonyl (C=O) groups excluding carboxylic acids is 2. The molecule has 0 saturated carbocycles. The number of Topliss-reactive ketones (excluding diaryl/α,β-unsaturated/α-hetero) is 1. The quantitative estimate of drug-likeness (QED) is 0.0573. The van der Waals surface area contributed by atoms with Crippen molar-refractivity contribution in [2.75, 3.05) is 6.54 Å². The van der Waals surface area contributed by atoms with Gasteiger partial charge in [-0.1, -0.05) is 168 Å². The minimum atomic E-state index is -1.92. The molecule has 6 nitrogen and oxygen atoms in total. The lowest BCUT2D eigenvalue weighted by Gasteiger charge is -2.21. The molecule has 6 heteroatoms. The average Bonchev–Trinajstić information content (AvgIpc) is 2.95. The van der Waals surface area contributed by atoms with Crippen molar-refractivity contribution in [2.45, 2.75) is 193 Å². The molecule has 0 aromatic rings. The van der Waals surface area contributed by atoms with Crippen LogP contribution < -0.4 is 11.1 Å². The number of nitrogens with one attached hydrogen (secondary N) is 1. The largest absolute Gasteiger partial charge is 0.480 e. The first-order valence-electron chi connectivity index (χ1n) is 17.2. The topological polar surface area (TPSA) is 109 Å². The van der Waals surface area contributed by atoms with E-state index in [0.29, 0.717) is 6.42 Å². The van der Waals surface area contributed by atoms with Gasteiger partial charge in [0, 0.05) is 6.42 Å². The van der Waals surface area contributed by atoms with Gasteiger partial charge in [0.15, 0.2) is 11.3 Å². The number of nitrogens with two attached hydrogens (primary N) is 1. The molecular weight excluding hydrogens is 500 g/mol. The lowest BCUT2D eigenvalue weighted by atomic mass is 9.92. The Balaban J connectivity index is 3.30. The van der Waals surface area contributed by atoms with Crippen molar-refractivity contribution in [1.29, 1.82) is 0 Å². The molecule has 1 unspecified atom stereocenters. The van der Waals surface area contributed by atoms with Crippen LogP contribution in [0.25, 0.3) is 0 Å². The summed E-state index contributed by atoms with van der Waals surface area (Å²) in [5.74, 6) is -2.23. The van der Waals surface area contributed by atoms with Gasteiger partial charge in [-0.2, -0.15) is 0 Å². The molecule has 40 heavy (non-hydrogen) atoms. The molecule has 236 valence electrons. The van der Waals surface area contributed by atoms with Crippen molar-refractivity contribution < 1.29 is 19.5 Å². The molecule has 0 aromatic heterocycles. The fourth-order valence-corrected chi connectivity index (χ4v) is 5.32. The Morgan fingerprint density at radius 1 is 0.550 bits per heavy atom. The van der Waals surface area contributed by atoms with Crippen molar-refractivity contribution >= 4 is 17.7 Å². The van der Waals surface area contributed by atoms with Crippen molar-refractivity contribution in [3.8, 4) is 0 Å². The molecule has 0 aromatic carbocycles. The molecule has 0 saturated heterocycles. The molecule has 0 bridgehead atoms. The summed E-state index contributed by atoms with van der Waals surface area (Å²) in [5.41, 5.74) is 3.72. The number of carboxylic acids is 1. The molecule has 0 heterocycles. The van der Waals surface area contributed by atoms with Gasteiger partial charge in [0.2, 0.25) is 5.91 Å². The SMILES string of the molecule is CCCCCCCCCCCCCCCCCCCCCCCCCCCC(=O)NCC(=O)C(N)(CC)C(=O)O. The van der Waals surface area contributed by atoms with Crippen molar-refractivity contribution in [2.24, 2.45) is 5.73 Å². The maximum absolute atomic E-state index is 12.0. The van der Waals surface area contributed by atoms with Gasteiger partial charge >= 0.3 is 5.97 Å². The summed E-state index contributed by atoms with van der Waals surface area (Å²) in [6.07, 6.45) is 34.0. The monoisotopic (exact) mass is 567 g/mol. The molecule has 0 aliphatic heterocycles. The van der Waals surface area contributed by atoms with Gasteiger partial charge in [-0.3, -0.25) is 9.59 Å². The van der Waals surface area contributed by atoms with Gasteiger partial charge in [0.05, 0.1) is 6.54 Å². The van der Waals surface area contributed by atoms with Gasteiger partial charge in [-0.25, -0.2) is 4.79 Å². The number of aliphatic carboxylic acids is 1. The van der Waals surface area contributed by atoms with Gasteiger partial charge in [-0.15, -0.1) is 0 Å². The third kappa shape index (κ3) is 22.3. The number of hydrogen-bond acceptors (Lipinski definition) is 4. The maximum Gasteiger partial charge on any atom is 0.331 e. The van der Waals surface area contributed by atoms with Crippen LogP contribution in [0.15, 0.2) is 0 Å². The Labute approximate surface area is 247 Å². The summed E-state index contributed by atoms with van der Waals surface area (Å²) in [4.78, 5) is 35.1. The third-order valence-electron chi connectivity index (χ3n) is 8.39. The zero-order valence-electron chi connectivity index (χ0n) is 26.5. The molecule has 0 rings (SSSR count). The van der Waals surface area contributed by atoms with Crippen molar-refractivity contribution in [3.05, 3.63) is 0 Å². The zero-order valence-corrected chi connectivity index (χ0v) is 26.5. The number of hydrogen-bond donors (Lipinski definition) is 3. The van der Waals surface area contributed by atoms with Crippen LogP contribution in [0.2, 0.25) is 0 Å². The maximum atomic E-state index is 12.0. The standard InChI is InChI=1S/C34H66N2O4/c1-3-5-6-7-8-9-10-11-12-13-14-15-16-17-18-19-20-21-22-23-24-25-26-27-28-29-32(38)36-30-31(37)34(35,4-2)33(39)40/h3-30,35H2,1-2H3,(H,36,38)(H,39,40). The number of carboxylic acid groups (broad SMARTS) is 1. The van der Waals surface area contributed by atoms with Crippen LogP contribution in [0.1, 0.15) is 187 Å². The second-order valence-electron chi connectivity index (χ2n) is 12.1. The van der Waals surface area contributed by atoms with E-state index in [0.717, 1.165) is 19.3 Å². The molecule has 0 aliphatic carbocycles. The fraction of sp³-hybridized carbons (Fsp3) is 0.912. The molecule has 1 amide bonds. The number of amides is 1. The predicted molar refractivity (Wildman–Crippen MR) is 169 cm³/mol. The van der Waals surface area contributed by atoms with Crippen LogP contribution in [0, 0.1) is 0 Å². The summed E-state index contributed by atoms with van der Waals surface area (Å²) in [6, 6.07) is 0. The van der Waals surface area contributed by atoms with Gasteiger partial charge in [0.25, 0.3) is 0 Å². The van der Waals surface area contributed by atoms with Crippen LogP contribution in [-0.4, -0.2) is 34.8 Å². The molecule has 0 radical (unpaired) electrons. The van der Waals surface area contributed by atoms with E-state index in [1.165, 1.54) is 141 Å². The van der Waals surface area contributed by atoms with E-state index in [1.807, 2.05) is 0 Å². The van der Waals surface area contributed by atoms with Crippen molar-refractivity contribution in [1.82, 2.24) is 5.32 Å². The van der Waals surface area contributed by atoms with Crippen LogP contribution in [0.3, 0.4) is 0 Å². The highest BCUT2D eigenvalue weighted by Gasteiger charge is 2.39. The third-order valence-corrected chi connectivity index (χ3v) is 8.39. The number of ketones is 1. The lowest BCUT2D eigenvalue weighted by Crippen LogP contribution is -2.57. The van der Waals surface area contributed by atoms with E-state index >= 15 is 0 Å². The minimum Gasteiger partial charge on any atom is -0.480 e. The Hall–Kier alpha value is -1.43. The van der Waals surface area contributed by atoms with E-state index in [9.17, 15) is 14.4 Å². The highest BCUT2D eigenvalue weighted by molar-refractivity contribution is 6.09. The number of unbranched alkanes of at least 4 members (excludes halogenated alkanes) is 24. The lowest BCUT2D eigenvalue weighted by molar-refractivity contribution is -0.148. The highest BCUT2D eigenvalue weighted by Crippen LogP contribution is 2.16. The normalized spacial score (nSPS) is 12.8. The first kappa shape index (κ1) is 38.6. The van der Waals surface area contributed by atoms with Crippen molar-refractivity contribution in [3.63, 3.8) is 0 Å². The smallest absolute Gasteiger partial charge is 0.331 e. The van der Waals surface area contributed by atoms with Gasteiger partial charge < -0.3 is 16.2 Å². The van der Waals surface area contributed by atoms with Crippen LogP contribution in [0.4, 0.5) is 0 Å². The first-order valence-corrected chi connectivity index (χ1v) is 17.2. The van der Waals surface area contributed by atoms with E-state index in [1.54, 1.807) is 6.92 Å². The van der Waals surface area contributed by atoms with Crippen LogP contribution >= 0.6 is 0 Å². The van der Waals surface area contributed by atoms with E-state index in [4.69, 9.17) is 10.8 Å². The molecule has 0 aliphatic rings. The first-order chi connectivity index (χ1) is 19.4. The Morgan fingerprint density at radius 2 is 0.850 bits per heavy atom. The molecule has 0 fully saturated rings. The van der Waals surface area contributed by atoms with Gasteiger partial charge in [-0.05, 0) is 12.8 Å². The summed E-state index contributed by atoms with van der Waals surface area (Å²) >= 11 is 0. The Bertz CT molecular complexity index is 625. The Morgan fingerprint density at radius 3 is 1.12 bits per heavy atom. The summed E-state index contributed by atoms with van der Waals surface area (Å²) < 4.78 is 0. The van der Waals surface area contributed by atoms with E-state index < -0.39 is 17.3 Å². The van der Waals surface area contributed by atoms with E-state index in [-0.39, 0.29) is 18.9 Å². The fourth-order valence-electron chi connectivity index (χ4n) is 5.32. The summed E-state index contributed by atoms with van der Waals surface area (Å²) in [7, 11) is 0. The second kappa shape index (κ2) is 27.7. The minimum absolute atomic E-state index is 0.00340. The Kier molecular flexibility index (Phi) is 26.7. The molecular formula is C34H66N2O4. The molecule has 4 N–H and O–H groups in total. The van der Waals surface area contributed by atoms with Crippen LogP contribution in [-0.2, 0) is 14.4 Å². The average molecular weight is 567 g/mol. The number of carbonyl (C=O) groups is 3. The number of rotatable bonds is 31. The van der Waals surface area contributed by atoms with E-state index in [2.05, 4.69) is 12.2 Å².